The van der Waals surface area contributed by atoms with Crippen molar-refractivity contribution in [2.45, 2.75) is 46.0 Å². The topological polar surface area (TPSA) is 20.3 Å². The van der Waals surface area contributed by atoms with Crippen LogP contribution in [0, 0.1) is 11.3 Å². The lowest BCUT2D eigenvalue weighted by Crippen LogP contribution is -2.46. The number of rotatable bonds is 2. The van der Waals surface area contributed by atoms with Gasteiger partial charge in [-0.05, 0) is 31.7 Å². The standard InChI is InChI=1S/C13H23NO/c1-13(2)7-8-14(10-12(13)15)9-11-5-3-4-6-11/h11H,3-10H2,1-2H3. The third-order valence-corrected chi connectivity index (χ3v) is 4.17. The summed E-state index contributed by atoms with van der Waals surface area (Å²) in [6.07, 6.45) is 6.61. The van der Waals surface area contributed by atoms with Crippen LogP contribution in [0.25, 0.3) is 0 Å². The third kappa shape index (κ3) is 2.60. The minimum atomic E-state index is -0.0633. The zero-order valence-electron chi connectivity index (χ0n) is 10.1. The van der Waals surface area contributed by atoms with E-state index in [9.17, 15) is 4.79 Å². The summed E-state index contributed by atoms with van der Waals surface area (Å²) in [5.41, 5.74) is -0.0633. The first-order valence-electron chi connectivity index (χ1n) is 6.33. The van der Waals surface area contributed by atoms with Gasteiger partial charge in [-0.25, -0.2) is 0 Å². The van der Waals surface area contributed by atoms with Crippen molar-refractivity contribution < 1.29 is 4.79 Å². The highest BCUT2D eigenvalue weighted by Crippen LogP contribution is 2.30. The SMILES string of the molecule is CC1(C)CCN(CC2CCCC2)CC1=O. The molecule has 0 radical (unpaired) electrons. The van der Waals surface area contributed by atoms with Crippen LogP contribution in [0.1, 0.15) is 46.0 Å². The van der Waals surface area contributed by atoms with Crippen LogP contribution in [0.4, 0.5) is 0 Å². The summed E-state index contributed by atoms with van der Waals surface area (Å²) in [6.45, 7) is 7.16. The maximum absolute atomic E-state index is 11.9. The molecule has 1 aliphatic heterocycles. The molecular formula is C13H23NO. The van der Waals surface area contributed by atoms with Gasteiger partial charge in [-0.2, -0.15) is 0 Å². The van der Waals surface area contributed by atoms with Crippen molar-refractivity contribution >= 4 is 5.78 Å². The average Bonchev–Trinajstić information content (AvgIpc) is 2.65. The predicted molar refractivity (Wildman–Crippen MR) is 61.8 cm³/mol. The second-order valence-electron chi connectivity index (χ2n) is 5.94. The minimum Gasteiger partial charge on any atom is -0.298 e. The van der Waals surface area contributed by atoms with Crippen molar-refractivity contribution in [3.63, 3.8) is 0 Å². The maximum Gasteiger partial charge on any atom is 0.152 e. The summed E-state index contributed by atoms with van der Waals surface area (Å²) in [6, 6.07) is 0. The summed E-state index contributed by atoms with van der Waals surface area (Å²) in [5.74, 6) is 1.31. The summed E-state index contributed by atoms with van der Waals surface area (Å²) in [5, 5.41) is 0. The van der Waals surface area contributed by atoms with Gasteiger partial charge in [0.05, 0.1) is 6.54 Å². The number of hydrogen-bond acceptors (Lipinski definition) is 2. The average molecular weight is 209 g/mol. The van der Waals surface area contributed by atoms with Crippen LogP contribution in [-0.2, 0) is 4.79 Å². The zero-order valence-corrected chi connectivity index (χ0v) is 10.1. The quantitative estimate of drug-likeness (QED) is 0.696. The van der Waals surface area contributed by atoms with Gasteiger partial charge < -0.3 is 0 Å². The molecule has 2 heteroatoms. The summed E-state index contributed by atoms with van der Waals surface area (Å²) >= 11 is 0. The summed E-state index contributed by atoms with van der Waals surface area (Å²) in [4.78, 5) is 14.2. The Morgan fingerprint density at radius 1 is 1.33 bits per heavy atom. The van der Waals surface area contributed by atoms with Crippen LogP contribution in [0.5, 0.6) is 0 Å². The van der Waals surface area contributed by atoms with E-state index < -0.39 is 0 Å². The van der Waals surface area contributed by atoms with E-state index in [-0.39, 0.29) is 5.41 Å². The van der Waals surface area contributed by atoms with Crippen LogP contribution in [-0.4, -0.2) is 30.3 Å². The Balaban J connectivity index is 1.83. The second kappa shape index (κ2) is 4.25. The van der Waals surface area contributed by atoms with Gasteiger partial charge in [0.15, 0.2) is 5.78 Å². The Kier molecular flexibility index (Phi) is 3.15. The number of Topliss-reactive ketones (excluding diaryl/α,β-unsaturated/α-hetero) is 1. The molecule has 0 N–H and O–H groups in total. The monoisotopic (exact) mass is 209 g/mol. The van der Waals surface area contributed by atoms with Gasteiger partial charge in [-0.3, -0.25) is 9.69 Å². The van der Waals surface area contributed by atoms with E-state index >= 15 is 0 Å². The molecule has 0 amide bonds. The van der Waals surface area contributed by atoms with Gasteiger partial charge >= 0.3 is 0 Å². The number of hydrogen-bond donors (Lipinski definition) is 0. The number of likely N-dealkylation sites (tertiary alicyclic amines) is 1. The fraction of sp³-hybridized carbons (Fsp3) is 0.923. The molecule has 0 aromatic heterocycles. The Hall–Kier alpha value is -0.370. The molecule has 1 saturated carbocycles. The van der Waals surface area contributed by atoms with Gasteiger partial charge in [0, 0.05) is 12.0 Å². The maximum atomic E-state index is 11.9. The van der Waals surface area contributed by atoms with Crippen molar-refractivity contribution in [2.24, 2.45) is 11.3 Å². The molecule has 2 fully saturated rings. The number of ketones is 1. The van der Waals surface area contributed by atoms with Crippen LogP contribution in [0.15, 0.2) is 0 Å². The van der Waals surface area contributed by atoms with E-state index in [2.05, 4.69) is 18.7 Å². The van der Waals surface area contributed by atoms with Crippen LogP contribution >= 0.6 is 0 Å². The van der Waals surface area contributed by atoms with E-state index in [1.165, 1.54) is 32.2 Å². The van der Waals surface area contributed by atoms with Gasteiger partial charge in [-0.15, -0.1) is 0 Å². The summed E-state index contributed by atoms with van der Waals surface area (Å²) < 4.78 is 0. The fourth-order valence-electron chi connectivity index (χ4n) is 2.79. The molecule has 1 saturated heterocycles. The normalized spacial score (nSPS) is 28.5. The third-order valence-electron chi connectivity index (χ3n) is 4.17. The zero-order chi connectivity index (χ0) is 10.9. The molecule has 0 aromatic rings. The lowest BCUT2D eigenvalue weighted by atomic mass is 9.81. The second-order valence-corrected chi connectivity index (χ2v) is 5.94. The van der Waals surface area contributed by atoms with E-state index in [0.717, 1.165) is 18.9 Å². The smallest absolute Gasteiger partial charge is 0.152 e. The van der Waals surface area contributed by atoms with E-state index in [4.69, 9.17) is 0 Å². The number of carbonyl (C=O) groups excluding carboxylic acids is 1. The molecule has 0 spiro atoms. The first kappa shape index (κ1) is 11.1. The molecule has 2 aliphatic rings. The first-order chi connectivity index (χ1) is 7.08. The lowest BCUT2D eigenvalue weighted by molar-refractivity contribution is -0.132. The highest BCUT2D eigenvalue weighted by Gasteiger charge is 2.34. The molecule has 2 rings (SSSR count). The Labute approximate surface area is 93.0 Å². The molecular weight excluding hydrogens is 186 g/mol. The Morgan fingerprint density at radius 3 is 2.60 bits per heavy atom. The molecule has 0 aromatic carbocycles. The predicted octanol–water partition coefficient (Wildman–Crippen LogP) is 2.48. The minimum absolute atomic E-state index is 0.0633. The van der Waals surface area contributed by atoms with Crippen molar-refractivity contribution in [1.29, 1.82) is 0 Å². The van der Waals surface area contributed by atoms with Crippen molar-refractivity contribution in [3.05, 3.63) is 0 Å². The van der Waals surface area contributed by atoms with Gasteiger partial charge in [0.2, 0.25) is 0 Å². The summed E-state index contributed by atoms with van der Waals surface area (Å²) in [7, 11) is 0. The molecule has 1 aliphatic carbocycles. The molecule has 86 valence electrons. The Bertz CT molecular complexity index is 241. The molecule has 15 heavy (non-hydrogen) atoms. The number of carbonyl (C=O) groups is 1. The highest BCUT2D eigenvalue weighted by atomic mass is 16.1. The number of nitrogens with zero attached hydrogens (tertiary/aromatic N) is 1. The van der Waals surface area contributed by atoms with Crippen molar-refractivity contribution in [2.75, 3.05) is 19.6 Å². The van der Waals surface area contributed by atoms with E-state index in [1.54, 1.807) is 0 Å². The van der Waals surface area contributed by atoms with Crippen LogP contribution in [0.2, 0.25) is 0 Å². The van der Waals surface area contributed by atoms with Crippen LogP contribution in [0.3, 0.4) is 0 Å². The first-order valence-corrected chi connectivity index (χ1v) is 6.33. The largest absolute Gasteiger partial charge is 0.298 e. The van der Waals surface area contributed by atoms with Crippen LogP contribution < -0.4 is 0 Å². The van der Waals surface area contributed by atoms with Gasteiger partial charge in [0.25, 0.3) is 0 Å². The van der Waals surface area contributed by atoms with Gasteiger partial charge in [-0.1, -0.05) is 26.7 Å². The lowest BCUT2D eigenvalue weighted by Gasteiger charge is -2.36. The van der Waals surface area contributed by atoms with Crippen molar-refractivity contribution in [3.8, 4) is 0 Å². The molecule has 2 nitrogen and oxygen atoms in total. The van der Waals surface area contributed by atoms with Gasteiger partial charge in [0.1, 0.15) is 0 Å². The van der Waals surface area contributed by atoms with E-state index in [1.807, 2.05) is 0 Å². The van der Waals surface area contributed by atoms with Crippen molar-refractivity contribution in [1.82, 2.24) is 4.90 Å². The number of piperidine rings is 1. The fourth-order valence-corrected chi connectivity index (χ4v) is 2.79. The molecule has 0 atom stereocenters. The Morgan fingerprint density at radius 2 is 2.00 bits per heavy atom. The van der Waals surface area contributed by atoms with E-state index in [0.29, 0.717) is 12.3 Å². The molecule has 0 unspecified atom stereocenters. The molecule has 1 heterocycles. The highest BCUT2D eigenvalue weighted by molar-refractivity contribution is 5.86. The molecule has 0 bridgehead atoms.